The van der Waals surface area contributed by atoms with Crippen LogP contribution in [-0.2, 0) is 10.8 Å². The average Bonchev–Trinajstić information content (AvgIpc) is 4.06. The third-order valence-corrected chi connectivity index (χ3v) is 17.4. The van der Waals surface area contributed by atoms with Gasteiger partial charge in [0.25, 0.3) is 0 Å². The molecule has 0 fully saturated rings. The lowest BCUT2D eigenvalue weighted by atomic mass is 9.64. The minimum atomic E-state index is -0.594. The van der Waals surface area contributed by atoms with Crippen molar-refractivity contribution in [3.8, 4) is 44.5 Å². The Labute approximate surface area is 430 Å². The Morgan fingerprint density at radius 2 is 1.00 bits per heavy atom. The minimum absolute atomic E-state index is 0.133. The van der Waals surface area contributed by atoms with Gasteiger partial charge in [0, 0.05) is 53.8 Å². The SMILES string of the molecule is CC1(C)c2ccccc2-c2ccc(N(c3ccc(-c4ccc5c(c4)C4(c6ccccc6)c6ccccc6N(c6ccccc6)c6c(-c7ccccc7)ccc-5c64)cc3)c3cccc4sc5ccccc5c34)cc21. The van der Waals surface area contributed by atoms with Crippen LogP contribution in [0.15, 0.2) is 255 Å². The van der Waals surface area contributed by atoms with E-state index in [-0.39, 0.29) is 5.41 Å². The van der Waals surface area contributed by atoms with Crippen molar-refractivity contribution in [2.75, 3.05) is 9.80 Å². The number of fused-ring (bicyclic) bond motifs is 11. The average molecular weight is 949 g/mol. The maximum Gasteiger partial charge on any atom is 0.0754 e. The van der Waals surface area contributed by atoms with Gasteiger partial charge >= 0.3 is 0 Å². The molecule has 0 N–H and O–H groups in total. The summed E-state index contributed by atoms with van der Waals surface area (Å²) in [5.41, 5.74) is 24.2. The van der Waals surface area contributed by atoms with Crippen LogP contribution in [0.5, 0.6) is 0 Å². The van der Waals surface area contributed by atoms with E-state index in [1.165, 1.54) is 115 Å². The van der Waals surface area contributed by atoms with Gasteiger partial charge in [0.15, 0.2) is 0 Å². The van der Waals surface area contributed by atoms with Crippen LogP contribution < -0.4 is 9.80 Å². The Bertz CT molecular complexity index is 4170. The molecule has 0 radical (unpaired) electrons. The first kappa shape index (κ1) is 42.0. The van der Waals surface area contributed by atoms with E-state index >= 15 is 0 Å². The Hall–Kier alpha value is -8.76. The van der Waals surface area contributed by atoms with Gasteiger partial charge in [-0.3, -0.25) is 0 Å². The van der Waals surface area contributed by atoms with Crippen molar-refractivity contribution in [1.29, 1.82) is 0 Å². The summed E-state index contributed by atoms with van der Waals surface area (Å²) in [6.45, 7) is 4.75. The van der Waals surface area contributed by atoms with Gasteiger partial charge in [-0.2, -0.15) is 0 Å². The number of rotatable bonds is 7. The van der Waals surface area contributed by atoms with Crippen LogP contribution in [0, 0.1) is 0 Å². The molecule has 0 bridgehead atoms. The number of para-hydroxylation sites is 2. The van der Waals surface area contributed by atoms with Gasteiger partial charge in [-0.25, -0.2) is 0 Å². The maximum absolute atomic E-state index is 2.52. The van der Waals surface area contributed by atoms with Gasteiger partial charge in [-0.1, -0.05) is 202 Å². The number of anilines is 6. The summed E-state index contributed by atoms with van der Waals surface area (Å²) in [6, 6.07) is 95.3. The molecule has 1 atom stereocenters. The molecule has 1 aliphatic heterocycles. The monoisotopic (exact) mass is 948 g/mol. The predicted molar refractivity (Wildman–Crippen MR) is 308 cm³/mol. The Balaban J connectivity index is 0.926. The Kier molecular flexibility index (Phi) is 9.12. The summed E-state index contributed by atoms with van der Waals surface area (Å²) in [7, 11) is 0. The van der Waals surface area contributed by atoms with Gasteiger partial charge in [0.05, 0.1) is 22.5 Å². The predicted octanol–water partition coefficient (Wildman–Crippen LogP) is 19.3. The van der Waals surface area contributed by atoms with Crippen LogP contribution in [0.25, 0.3) is 64.7 Å². The normalized spacial score (nSPS) is 15.4. The molecule has 3 heteroatoms. The first-order valence-corrected chi connectivity index (χ1v) is 26.2. The summed E-state index contributed by atoms with van der Waals surface area (Å²) in [4.78, 5) is 5.02. The zero-order valence-corrected chi connectivity index (χ0v) is 41.4. The van der Waals surface area contributed by atoms with Crippen molar-refractivity contribution in [2.45, 2.75) is 24.7 Å². The van der Waals surface area contributed by atoms with Crippen LogP contribution in [0.3, 0.4) is 0 Å². The molecule has 2 aliphatic carbocycles. The second-order valence-corrected chi connectivity index (χ2v) is 21.4. The third kappa shape index (κ3) is 5.97. The molecule has 73 heavy (non-hydrogen) atoms. The molecule has 11 aromatic carbocycles. The fourth-order valence-corrected chi connectivity index (χ4v) is 14.2. The topological polar surface area (TPSA) is 6.48 Å². The molecule has 3 aliphatic rings. The molecule has 1 unspecified atom stereocenters. The van der Waals surface area contributed by atoms with Crippen LogP contribution in [-0.4, -0.2) is 0 Å². The number of benzene rings is 11. The molecule has 0 spiro atoms. The largest absolute Gasteiger partial charge is 0.310 e. The van der Waals surface area contributed by atoms with Gasteiger partial charge < -0.3 is 9.80 Å². The smallest absolute Gasteiger partial charge is 0.0754 e. The minimum Gasteiger partial charge on any atom is -0.310 e. The molecule has 0 saturated heterocycles. The number of thiophene rings is 1. The lowest BCUT2D eigenvalue weighted by molar-refractivity contribution is 0.660. The highest BCUT2D eigenvalue weighted by Gasteiger charge is 2.53. The van der Waals surface area contributed by atoms with E-state index in [1.54, 1.807) is 0 Å². The molecule has 0 amide bonds. The Morgan fingerprint density at radius 3 is 1.82 bits per heavy atom. The zero-order valence-electron chi connectivity index (χ0n) is 40.6. The van der Waals surface area contributed by atoms with Crippen molar-refractivity contribution >= 4 is 65.6 Å². The quantitative estimate of drug-likeness (QED) is 0.157. The van der Waals surface area contributed by atoms with Crippen LogP contribution in [0.4, 0.5) is 34.1 Å². The molecule has 1 aromatic heterocycles. The number of hydrogen-bond donors (Lipinski definition) is 0. The first-order valence-electron chi connectivity index (χ1n) is 25.4. The standard InChI is InChI=1S/C70H48N2S/c1-69(2)58-27-14-12-25-53(58)54-40-38-51(44-60(54)69)71(63-30-18-32-65-66(63)57-26-13-17-31-64(57)73-65)50-36-33-45(34-37-50)47-35-39-55-56-42-41-52(46-19-6-3-7-20-46)68-67(56)70(61(55)43-47,48-21-8-4-9-22-48)59-28-15-16-29-62(59)72(68)49-23-10-5-11-24-49/h3-44H,1-2H3. The van der Waals surface area contributed by atoms with Crippen molar-refractivity contribution in [3.63, 3.8) is 0 Å². The number of hydrogen-bond acceptors (Lipinski definition) is 3. The lowest BCUT2D eigenvalue weighted by Gasteiger charge is -2.45. The highest BCUT2D eigenvalue weighted by molar-refractivity contribution is 7.26. The van der Waals surface area contributed by atoms with Gasteiger partial charge in [-0.15, -0.1) is 11.3 Å². The number of nitrogens with zero attached hydrogens (tertiary/aromatic N) is 2. The van der Waals surface area contributed by atoms with Crippen LogP contribution >= 0.6 is 11.3 Å². The van der Waals surface area contributed by atoms with E-state index in [0.717, 1.165) is 17.1 Å². The third-order valence-electron chi connectivity index (χ3n) is 16.3. The highest BCUT2D eigenvalue weighted by atomic mass is 32.1. The van der Waals surface area contributed by atoms with E-state index in [9.17, 15) is 0 Å². The second kappa shape index (κ2) is 15.9. The molecule has 2 heterocycles. The fraction of sp³-hybridized carbons (Fsp3) is 0.0571. The molecule has 344 valence electrons. The molecule has 2 nitrogen and oxygen atoms in total. The lowest BCUT2D eigenvalue weighted by Crippen LogP contribution is -2.36. The van der Waals surface area contributed by atoms with E-state index in [4.69, 9.17) is 0 Å². The summed E-state index contributed by atoms with van der Waals surface area (Å²) in [5.74, 6) is 0. The Morgan fingerprint density at radius 1 is 0.397 bits per heavy atom. The second-order valence-electron chi connectivity index (χ2n) is 20.3. The first-order chi connectivity index (χ1) is 36.0. The summed E-state index contributed by atoms with van der Waals surface area (Å²) in [5, 5.41) is 2.57. The van der Waals surface area contributed by atoms with E-state index in [0.29, 0.717) is 0 Å². The van der Waals surface area contributed by atoms with Gasteiger partial charge in [0.2, 0.25) is 0 Å². The summed E-state index contributed by atoms with van der Waals surface area (Å²) in [6.07, 6.45) is 0. The van der Waals surface area contributed by atoms with Gasteiger partial charge in [0.1, 0.15) is 0 Å². The summed E-state index contributed by atoms with van der Waals surface area (Å²) < 4.78 is 2.59. The molecular weight excluding hydrogens is 901 g/mol. The van der Waals surface area contributed by atoms with Crippen molar-refractivity contribution in [1.82, 2.24) is 0 Å². The molecular formula is C70H48N2S. The van der Waals surface area contributed by atoms with Crippen LogP contribution in [0.2, 0.25) is 0 Å². The molecule has 0 saturated carbocycles. The fourth-order valence-electron chi connectivity index (χ4n) is 13.1. The summed E-state index contributed by atoms with van der Waals surface area (Å²) >= 11 is 1.87. The van der Waals surface area contributed by atoms with Crippen molar-refractivity contribution in [2.24, 2.45) is 0 Å². The van der Waals surface area contributed by atoms with E-state index in [1.807, 2.05) is 11.3 Å². The van der Waals surface area contributed by atoms with Crippen LogP contribution in [0.1, 0.15) is 47.2 Å². The molecule has 12 aromatic rings. The highest BCUT2D eigenvalue weighted by Crippen LogP contribution is 2.67. The van der Waals surface area contributed by atoms with E-state index in [2.05, 4.69) is 278 Å². The maximum atomic E-state index is 2.52. The van der Waals surface area contributed by atoms with Crippen molar-refractivity contribution < 1.29 is 0 Å². The van der Waals surface area contributed by atoms with Gasteiger partial charge in [-0.05, 0) is 133 Å². The zero-order chi connectivity index (χ0) is 48.4. The molecule has 15 rings (SSSR count). The van der Waals surface area contributed by atoms with E-state index < -0.39 is 5.41 Å². The van der Waals surface area contributed by atoms with Crippen molar-refractivity contribution in [3.05, 3.63) is 288 Å².